The highest BCUT2D eigenvalue weighted by atomic mass is 35.5. The van der Waals surface area contributed by atoms with E-state index in [1.807, 2.05) is 35.7 Å². The van der Waals surface area contributed by atoms with E-state index >= 15 is 0 Å². The minimum atomic E-state index is -0.495. The van der Waals surface area contributed by atoms with Gasteiger partial charge < -0.3 is 14.2 Å². The first kappa shape index (κ1) is 18.3. The second-order valence-electron chi connectivity index (χ2n) is 5.20. The van der Waals surface area contributed by atoms with Crippen molar-refractivity contribution < 1.29 is 19.0 Å². The zero-order chi connectivity index (χ0) is 17.6. The summed E-state index contributed by atoms with van der Waals surface area (Å²) in [4.78, 5) is 12.0. The number of rotatable bonds is 6. The van der Waals surface area contributed by atoms with Crippen molar-refractivity contribution in [1.29, 1.82) is 0 Å². The average Bonchev–Trinajstić information content (AvgIpc) is 3.16. The predicted octanol–water partition coefficient (Wildman–Crippen LogP) is 4.81. The largest absolute Gasteiger partial charge is 0.493 e. The van der Waals surface area contributed by atoms with E-state index in [1.54, 1.807) is 37.4 Å². The lowest BCUT2D eigenvalue weighted by Gasteiger charge is -2.14. The number of hydrogen-bond donors (Lipinski definition) is 0. The normalized spacial score (nSPS) is 14.3. The molecule has 4 nitrogen and oxygen atoms in total. The monoisotopic (exact) mass is 396 g/mol. The first-order valence-corrected chi connectivity index (χ1v) is 10.1. The highest BCUT2D eigenvalue weighted by Gasteiger charge is 2.20. The fraction of sp³-hybridized carbons (Fsp3) is 0.278. The van der Waals surface area contributed by atoms with Gasteiger partial charge in [0.2, 0.25) is 0 Å². The van der Waals surface area contributed by atoms with E-state index in [1.165, 1.54) is 5.56 Å². The Morgan fingerprint density at radius 3 is 2.52 bits per heavy atom. The Labute approximate surface area is 160 Å². The van der Waals surface area contributed by atoms with Gasteiger partial charge in [0.15, 0.2) is 18.1 Å². The van der Waals surface area contributed by atoms with Gasteiger partial charge >= 0.3 is 5.97 Å². The lowest BCUT2D eigenvalue weighted by atomic mass is 10.2. The highest BCUT2D eigenvalue weighted by molar-refractivity contribution is 8.19. The fourth-order valence-electron chi connectivity index (χ4n) is 2.29. The first-order valence-electron chi connectivity index (χ1n) is 7.66. The summed E-state index contributed by atoms with van der Waals surface area (Å²) < 4.78 is 16.5. The van der Waals surface area contributed by atoms with Crippen molar-refractivity contribution in [2.24, 2.45) is 0 Å². The van der Waals surface area contributed by atoms with Gasteiger partial charge in [-0.3, -0.25) is 0 Å². The van der Waals surface area contributed by atoms with E-state index in [0.717, 1.165) is 11.5 Å². The number of thioether (sulfide) groups is 2. The molecule has 132 valence electrons. The summed E-state index contributed by atoms with van der Waals surface area (Å²) in [5.41, 5.74) is 1.17. The lowest BCUT2D eigenvalue weighted by molar-refractivity contribution is -0.136. The molecule has 2 aromatic rings. The Morgan fingerprint density at radius 1 is 1.12 bits per heavy atom. The molecule has 0 atom stereocenters. The smallest absolute Gasteiger partial charge is 0.349 e. The third kappa shape index (κ3) is 5.00. The van der Waals surface area contributed by atoms with Gasteiger partial charge in [0.25, 0.3) is 0 Å². The van der Waals surface area contributed by atoms with Crippen LogP contribution in [0.1, 0.15) is 10.1 Å². The highest BCUT2D eigenvalue weighted by Crippen LogP contribution is 2.46. The number of carbonyl (C=O) groups is 1. The van der Waals surface area contributed by atoms with E-state index in [2.05, 4.69) is 0 Å². The maximum atomic E-state index is 12.0. The minimum Gasteiger partial charge on any atom is -0.493 e. The van der Waals surface area contributed by atoms with Gasteiger partial charge in [0.1, 0.15) is 5.75 Å². The third-order valence-corrected chi connectivity index (χ3v) is 6.83. The van der Waals surface area contributed by atoms with Crippen molar-refractivity contribution in [3.63, 3.8) is 0 Å². The fourth-order valence-corrected chi connectivity index (χ4v) is 5.26. The molecule has 1 aliphatic rings. The number of hydrogen-bond acceptors (Lipinski definition) is 6. The zero-order valence-corrected chi connectivity index (χ0v) is 16.0. The van der Waals surface area contributed by atoms with Crippen molar-refractivity contribution in [3.05, 3.63) is 53.1 Å². The maximum absolute atomic E-state index is 12.0. The SMILES string of the molecule is COc1cc(C2SCCS2)ccc1OC(=O)COc1ccc(Cl)cc1. The van der Waals surface area contributed by atoms with Crippen molar-refractivity contribution >= 4 is 41.1 Å². The van der Waals surface area contributed by atoms with Crippen LogP contribution in [0.5, 0.6) is 17.2 Å². The molecule has 1 fully saturated rings. The van der Waals surface area contributed by atoms with Gasteiger partial charge in [-0.05, 0) is 42.0 Å². The molecule has 0 radical (unpaired) electrons. The number of halogens is 1. The van der Waals surface area contributed by atoms with Gasteiger partial charge in [0.05, 0.1) is 11.7 Å². The van der Waals surface area contributed by atoms with Crippen LogP contribution < -0.4 is 14.2 Å². The number of esters is 1. The summed E-state index contributed by atoms with van der Waals surface area (Å²) in [7, 11) is 1.57. The molecule has 0 aliphatic carbocycles. The summed E-state index contributed by atoms with van der Waals surface area (Å²) >= 11 is 9.63. The zero-order valence-electron chi connectivity index (χ0n) is 13.6. The van der Waals surface area contributed by atoms with E-state index in [0.29, 0.717) is 26.9 Å². The summed E-state index contributed by atoms with van der Waals surface area (Å²) in [5.74, 6) is 3.30. The van der Waals surface area contributed by atoms with Gasteiger partial charge in [-0.2, -0.15) is 0 Å². The minimum absolute atomic E-state index is 0.194. The van der Waals surface area contributed by atoms with Crippen LogP contribution in [0.15, 0.2) is 42.5 Å². The standard InChI is InChI=1S/C18H17ClO4S2/c1-21-16-10-12(18-24-8-9-25-18)2-7-15(16)23-17(20)11-22-14-5-3-13(19)4-6-14/h2-7,10,18H,8-9,11H2,1H3. The summed E-state index contributed by atoms with van der Waals surface area (Å²) in [6.45, 7) is -0.194. The van der Waals surface area contributed by atoms with Crippen molar-refractivity contribution in [1.82, 2.24) is 0 Å². The predicted molar refractivity (Wildman–Crippen MR) is 103 cm³/mol. The maximum Gasteiger partial charge on any atom is 0.349 e. The number of carbonyl (C=O) groups excluding carboxylic acids is 1. The Morgan fingerprint density at radius 2 is 1.84 bits per heavy atom. The molecule has 0 bridgehead atoms. The Balaban J connectivity index is 1.60. The van der Waals surface area contributed by atoms with E-state index in [-0.39, 0.29) is 6.61 Å². The second kappa shape index (κ2) is 8.74. The van der Waals surface area contributed by atoms with Gasteiger partial charge in [-0.15, -0.1) is 23.5 Å². The van der Waals surface area contributed by atoms with Crippen LogP contribution in [0, 0.1) is 0 Å². The molecule has 0 unspecified atom stereocenters. The molecule has 0 spiro atoms. The second-order valence-corrected chi connectivity index (χ2v) is 8.36. The quantitative estimate of drug-likeness (QED) is 0.515. The molecule has 0 amide bonds. The van der Waals surface area contributed by atoms with Crippen molar-refractivity contribution in [2.75, 3.05) is 25.2 Å². The van der Waals surface area contributed by atoms with E-state index in [9.17, 15) is 4.79 Å². The average molecular weight is 397 g/mol. The molecular weight excluding hydrogens is 380 g/mol. The van der Waals surface area contributed by atoms with Crippen LogP contribution in [-0.2, 0) is 4.79 Å². The van der Waals surface area contributed by atoms with Crippen molar-refractivity contribution in [2.45, 2.75) is 4.58 Å². The van der Waals surface area contributed by atoms with Gasteiger partial charge in [-0.1, -0.05) is 17.7 Å². The summed E-state index contributed by atoms with van der Waals surface area (Å²) in [6, 6.07) is 12.5. The van der Waals surface area contributed by atoms with Crippen molar-refractivity contribution in [3.8, 4) is 17.2 Å². The van der Waals surface area contributed by atoms with Crippen LogP contribution in [0.3, 0.4) is 0 Å². The van der Waals surface area contributed by atoms with E-state index < -0.39 is 5.97 Å². The van der Waals surface area contributed by atoms with Crippen LogP contribution in [0.25, 0.3) is 0 Å². The molecule has 0 N–H and O–H groups in total. The van der Waals surface area contributed by atoms with E-state index in [4.69, 9.17) is 25.8 Å². The third-order valence-electron chi connectivity index (χ3n) is 3.48. The lowest BCUT2D eigenvalue weighted by Crippen LogP contribution is -2.18. The Hall–Kier alpha value is -1.50. The first-order chi connectivity index (χ1) is 12.2. The Bertz CT molecular complexity index is 730. The molecule has 1 heterocycles. The van der Waals surface area contributed by atoms with Gasteiger partial charge in [-0.25, -0.2) is 4.79 Å². The number of benzene rings is 2. The molecule has 0 aromatic heterocycles. The van der Waals surface area contributed by atoms with Crippen LogP contribution in [0.2, 0.25) is 5.02 Å². The summed E-state index contributed by atoms with van der Waals surface area (Å²) in [5, 5.41) is 0.610. The van der Waals surface area contributed by atoms with Crippen LogP contribution in [-0.4, -0.2) is 31.2 Å². The van der Waals surface area contributed by atoms with Crippen LogP contribution >= 0.6 is 35.1 Å². The molecule has 1 aliphatic heterocycles. The topological polar surface area (TPSA) is 44.8 Å². The molecular formula is C18H17ClO4S2. The molecule has 3 rings (SSSR count). The summed E-state index contributed by atoms with van der Waals surface area (Å²) in [6.07, 6.45) is 0. The molecule has 7 heteroatoms. The van der Waals surface area contributed by atoms with Gasteiger partial charge in [0, 0.05) is 16.5 Å². The Kier molecular flexibility index (Phi) is 6.39. The molecule has 0 saturated carbocycles. The molecule has 25 heavy (non-hydrogen) atoms. The molecule has 2 aromatic carbocycles. The number of ether oxygens (including phenoxy) is 3. The van der Waals surface area contributed by atoms with Crippen LogP contribution in [0.4, 0.5) is 0 Å². The molecule has 1 saturated heterocycles. The number of methoxy groups -OCH3 is 1.